The van der Waals surface area contributed by atoms with Gasteiger partial charge >= 0.3 is 0 Å². The van der Waals surface area contributed by atoms with E-state index >= 15 is 0 Å². The average Bonchev–Trinajstić information content (AvgIpc) is 2.64. The van der Waals surface area contributed by atoms with Gasteiger partial charge in [-0.2, -0.15) is 0 Å². The van der Waals surface area contributed by atoms with Crippen LogP contribution in [-0.2, 0) is 4.79 Å². The summed E-state index contributed by atoms with van der Waals surface area (Å²) in [6, 6.07) is 5.31. The first-order chi connectivity index (χ1) is 12.8. The second-order valence-electron chi connectivity index (χ2n) is 8.42. The first-order valence-electron chi connectivity index (χ1n) is 9.82. The van der Waals surface area contributed by atoms with Crippen LogP contribution >= 0.6 is 0 Å². The van der Waals surface area contributed by atoms with E-state index in [0.29, 0.717) is 30.6 Å². The van der Waals surface area contributed by atoms with Gasteiger partial charge in [-0.25, -0.2) is 0 Å². The number of phenolic OH excluding ortho intramolecular Hbond substituents is 1. The second kappa shape index (κ2) is 7.89. The number of nitrogens with zero attached hydrogens (tertiary/aromatic N) is 3. The van der Waals surface area contributed by atoms with E-state index < -0.39 is 0 Å². The molecule has 3 rings (SSSR count). The Hall–Kier alpha value is -2.08. The van der Waals surface area contributed by atoms with Crippen molar-refractivity contribution < 1.29 is 14.7 Å². The summed E-state index contributed by atoms with van der Waals surface area (Å²) in [4.78, 5) is 31.3. The molecular formula is C21H31N3O3. The summed E-state index contributed by atoms with van der Waals surface area (Å²) in [7, 11) is 4.03. The Morgan fingerprint density at radius 1 is 1.26 bits per heavy atom. The van der Waals surface area contributed by atoms with Crippen molar-refractivity contribution in [3.8, 4) is 5.75 Å². The van der Waals surface area contributed by atoms with Gasteiger partial charge < -0.3 is 19.8 Å². The molecule has 1 N–H and O–H groups in total. The number of likely N-dealkylation sites (tertiary alicyclic amines) is 2. The number of rotatable bonds is 4. The summed E-state index contributed by atoms with van der Waals surface area (Å²) in [5.41, 5.74) is 1.07. The highest BCUT2D eigenvalue weighted by Crippen LogP contribution is 2.39. The van der Waals surface area contributed by atoms with E-state index in [9.17, 15) is 14.7 Å². The van der Waals surface area contributed by atoms with Crippen LogP contribution in [0.15, 0.2) is 18.2 Å². The van der Waals surface area contributed by atoms with Crippen molar-refractivity contribution in [2.75, 3.05) is 46.8 Å². The first kappa shape index (κ1) is 19.7. The highest BCUT2D eigenvalue weighted by atomic mass is 16.3. The van der Waals surface area contributed by atoms with Crippen LogP contribution in [0.4, 0.5) is 0 Å². The Morgan fingerprint density at radius 2 is 2.04 bits per heavy atom. The molecule has 1 atom stereocenters. The van der Waals surface area contributed by atoms with Crippen LogP contribution in [0.3, 0.4) is 0 Å². The first-order valence-corrected chi connectivity index (χ1v) is 9.82. The molecule has 27 heavy (non-hydrogen) atoms. The van der Waals surface area contributed by atoms with Crippen LogP contribution < -0.4 is 0 Å². The molecule has 0 aromatic heterocycles. The summed E-state index contributed by atoms with van der Waals surface area (Å²) in [5.74, 6) is 0.197. The predicted octanol–water partition coefficient (Wildman–Crippen LogP) is 2.11. The third-order valence-corrected chi connectivity index (χ3v) is 5.98. The van der Waals surface area contributed by atoms with E-state index in [-0.39, 0.29) is 23.0 Å². The van der Waals surface area contributed by atoms with Gasteiger partial charge in [0.1, 0.15) is 5.75 Å². The third-order valence-electron chi connectivity index (χ3n) is 5.98. The minimum atomic E-state index is -0.105. The van der Waals surface area contributed by atoms with Crippen molar-refractivity contribution in [2.24, 2.45) is 5.41 Å². The number of aryl methyl sites for hydroxylation is 1. The van der Waals surface area contributed by atoms with Gasteiger partial charge in [0.2, 0.25) is 5.91 Å². The Morgan fingerprint density at radius 3 is 2.78 bits per heavy atom. The number of amides is 2. The van der Waals surface area contributed by atoms with Gasteiger partial charge in [-0.15, -0.1) is 0 Å². The number of carbonyl (C=O) groups excluding carboxylic acids is 2. The molecule has 6 nitrogen and oxygen atoms in total. The van der Waals surface area contributed by atoms with Gasteiger partial charge in [0.05, 0.1) is 5.56 Å². The standard InChI is InChI=1S/C21H31N3O3/c1-16-6-4-7-17(19(16)26)20(27)24-11-5-9-21(15-24)10-8-18(25)23(14-21)13-12-22(2)3/h4,6-7,26H,5,8-15H2,1-3H3/t21-/m0/s1. The zero-order chi connectivity index (χ0) is 19.6. The molecule has 1 aromatic carbocycles. The van der Waals surface area contributed by atoms with Crippen LogP contribution in [0.1, 0.15) is 41.6 Å². The van der Waals surface area contributed by atoms with E-state index in [2.05, 4.69) is 4.90 Å². The summed E-state index contributed by atoms with van der Waals surface area (Å²) in [5, 5.41) is 10.3. The molecule has 0 saturated carbocycles. The van der Waals surface area contributed by atoms with Gasteiger partial charge in [0.15, 0.2) is 0 Å². The SMILES string of the molecule is Cc1cccc(C(=O)N2CCC[C@@]3(CCC(=O)N(CCN(C)C)C3)C2)c1O. The molecule has 0 bridgehead atoms. The van der Waals surface area contributed by atoms with Gasteiger partial charge in [-0.05, 0) is 51.9 Å². The van der Waals surface area contributed by atoms with Gasteiger partial charge in [-0.3, -0.25) is 9.59 Å². The largest absolute Gasteiger partial charge is 0.507 e. The van der Waals surface area contributed by atoms with E-state index in [0.717, 1.165) is 38.9 Å². The number of hydrogen-bond acceptors (Lipinski definition) is 4. The topological polar surface area (TPSA) is 64.1 Å². The van der Waals surface area contributed by atoms with E-state index in [1.54, 1.807) is 19.1 Å². The molecule has 2 saturated heterocycles. The maximum atomic E-state index is 13.0. The molecule has 1 aromatic rings. The maximum Gasteiger partial charge on any atom is 0.257 e. The van der Waals surface area contributed by atoms with Gasteiger partial charge in [0, 0.05) is 44.6 Å². The molecule has 0 radical (unpaired) electrons. The second-order valence-corrected chi connectivity index (χ2v) is 8.42. The highest BCUT2D eigenvalue weighted by molar-refractivity contribution is 5.97. The normalized spacial score (nSPS) is 23.3. The Labute approximate surface area is 161 Å². The smallest absolute Gasteiger partial charge is 0.257 e. The zero-order valence-electron chi connectivity index (χ0n) is 16.7. The molecule has 148 valence electrons. The molecule has 2 amide bonds. The van der Waals surface area contributed by atoms with Crippen LogP contribution in [-0.4, -0.2) is 78.4 Å². The fourth-order valence-electron chi connectivity index (χ4n) is 4.34. The fraction of sp³-hybridized carbons (Fsp3) is 0.619. The molecule has 6 heteroatoms. The molecule has 2 fully saturated rings. The third kappa shape index (κ3) is 4.26. The molecule has 2 aliphatic rings. The predicted molar refractivity (Wildman–Crippen MR) is 105 cm³/mol. The highest BCUT2D eigenvalue weighted by Gasteiger charge is 2.43. The lowest BCUT2D eigenvalue weighted by Crippen LogP contribution is -2.55. The Bertz CT molecular complexity index is 719. The van der Waals surface area contributed by atoms with Crippen LogP contribution in [0.2, 0.25) is 0 Å². The molecule has 0 aliphatic carbocycles. The summed E-state index contributed by atoms with van der Waals surface area (Å²) >= 11 is 0. The van der Waals surface area contributed by atoms with E-state index in [1.807, 2.05) is 30.0 Å². The number of phenols is 1. The molecule has 2 aliphatic heterocycles. The molecule has 1 spiro atoms. The van der Waals surface area contributed by atoms with E-state index in [1.165, 1.54) is 0 Å². The molecule has 2 heterocycles. The number of para-hydroxylation sites is 1. The minimum absolute atomic E-state index is 0.0203. The number of carbonyl (C=O) groups is 2. The monoisotopic (exact) mass is 373 g/mol. The lowest BCUT2D eigenvalue weighted by Gasteiger charge is -2.48. The fourth-order valence-corrected chi connectivity index (χ4v) is 4.34. The van der Waals surface area contributed by atoms with Crippen molar-refractivity contribution in [2.45, 2.75) is 32.6 Å². The van der Waals surface area contributed by atoms with Gasteiger partial charge in [0.25, 0.3) is 5.91 Å². The lowest BCUT2D eigenvalue weighted by molar-refractivity contribution is -0.139. The molecular weight excluding hydrogens is 342 g/mol. The van der Waals surface area contributed by atoms with E-state index in [4.69, 9.17) is 0 Å². The summed E-state index contributed by atoms with van der Waals surface area (Å²) in [6.45, 7) is 5.48. The zero-order valence-corrected chi connectivity index (χ0v) is 16.7. The van der Waals surface area contributed by atoms with Crippen LogP contribution in [0.5, 0.6) is 5.75 Å². The number of aromatic hydroxyl groups is 1. The Kier molecular flexibility index (Phi) is 5.75. The number of piperidine rings is 2. The number of benzene rings is 1. The summed E-state index contributed by atoms with van der Waals surface area (Å²) in [6.07, 6.45) is 3.38. The average molecular weight is 373 g/mol. The van der Waals surface area contributed by atoms with Crippen molar-refractivity contribution in [3.63, 3.8) is 0 Å². The lowest BCUT2D eigenvalue weighted by atomic mass is 9.73. The van der Waals surface area contributed by atoms with Crippen molar-refractivity contribution >= 4 is 11.8 Å². The number of hydrogen-bond donors (Lipinski definition) is 1. The summed E-state index contributed by atoms with van der Waals surface area (Å²) < 4.78 is 0. The van der Waals surface area contributed by atoms with Gasteiger partial charge in [-0.1, -0.05) is 12.1 Å². The minimum Gasteiger partial charge on any atom is -0.507 e. The molecule has 0 unspecified atom stereocenters. The van der Waals surface area contributed by atoms with Crippen LogP contribution in [0, 0.1) is 12.3 Å². The number of likely N-dealkylation sites (N-methyl/N-ethyl adjacent to an activating group) is 1. The van der Waals surface area contributed by atoms with Crippen molar-refractivity contribution in [1.82, 2.24) is 14.7 Å². The van der Waals surface area contributed by atoms with Crippen LogP contribution in [0.25, 0.3) is 0 Å². The van der Waals surface area contributed by atoms with Crippen molar-refractivity contribution in [1.29, 1.82) is 0 Å². The Balaban J connectivity index is 1.73. The quantitative estimate of drug-likeness (QED) is 0.878. The van der Waals surface area contributed by atoms with Crippen molar-refractivity contribution in [3.05, 3.63) is 29.3 Å². The maximum absolute atomic E-state index is 13.0.